The summed E-state index contributed by atoms with van der Waals surface area (Å²) in [5.74, 6) is 2.66. The molecule has 240 valence electrons. The summed E-state index contributed by atoms with van der Waals surface area (Å²) < 4.78 is 5.10. The Morgan fingerprint density at radius 2 is 0.625 bits per heavy atom. The van der Waals surface area contributed by atoms with E-state index in [1.165, 1.54) is 129 Å². The fraction of sp³-hybridized carbons (Fsp3) is 1.00. The monoisotopic (exact) mass is 588 g/mol. The molecule has 6 heterocycles. The van der Waals surface area contributed by atoms with Gasteiger partial charge < -0.3 is 39.0 Å². The number of nitrogens with zero attached hydrogens (tertiary/aromatic N) is 7. The zero-order chi connectivity index (χ0) is 29.4. The Labute approximate surface area is 254 Å². The summed E-state index contributed by atoms with van der Waals surface area (Å²) in [6.07, 6.45) is 8.51. The van der Waals surface area contributed by atoms with Gasteiger partial charge in [0.25, 0.3) is 0 Å². The van der Waals surface area contributed by atoms with Crippen molar-refractivity contribution in [3.8, 4) is 0 Å². The van der Waals surface area contributed by atoms with Crippen molar-refractivity contribution < 1.29 is 4.74 Å². The van der Waals surface area contributed by atoms with Gasteiger partial charge in [0.05, 0.1) is 13.2 Å². The maximum absolute atomic E-state index is 5.10. The summed E-state index contributed by atoms with van der Waals surface area (Å²) in [4.78, 5) is 16.4. The summed E-state index contributed by atoms with van der Waals surface area (Å²) in [5, 5.41) is 0. The largest absolute Gasteiger partial charge is 0.379 e. The highest BCUT2D eigenvalue weighted by Crippen LogP contribution is 2.06. The van der Waals surface area contributed by atoms with Gasteiger partial charge in [0.1, 0.15) is 0 Å². The third-order valence-electron chi connectivity index (χ3n) is 8.19. The predicted octanol–water partition coefficient (Wildman–Crippen LogP) is 2.61. The number of likely N-dealkylation sites (tertiary alicyclic amines) is 3. The highest BCUT2D eigenvalue weighted by Gasteiger charge is 2.08. The van der Waals surface area contributed by atoms with E-state index in [9.17, 15) is 0 Å². The van der Waals surface area contributed by atoms with E-state index < -0.39 is 0 Å². The van der Waals surface area contributed by atoms with Crippen LogP contribution in [0, 0.1) is 0 Å². The topological polar surface area (TPSA) is 31.9 Å². The zero-order valence-electron chi connectivity index (χ0n) is 27.9. The van der Waals surface area contributed by atoms with Crippen LogP contribution in [0.2, 0.25) is 0 Å². The number of morpholine rings is 1. The SMILES string of the molecule is CN1CCC1.CN1CCCC1.CN1CCCCC1.CN1CCN(C)CC1.CN1CCOCC1.CN1CCSCC1. The summed E-state index contributed by atoms with van der Waals surface area (Å²) in [5.41, 5.74) is 0. The second kappa shape index (κ2) is 25.5. The number of ether oxygens (including phenoxy) is 1. The molecule has 6 rings (SSSR count). The van der Waals surface area contributed by atoms with Crippen LogP contribution in [0.1, 0.15) is 38.5 Å². The van der Waals surface area contributed by atoms with Crippen LogP contribution in [-0.2, 0) is 4.74 Å². The lowest BCUT2D eigenvalue weighted by Gasteiger charge is -2.28. The highest BCUT2D eigenvalue weighted by atomic mass is 32.2. The van der Waals surface area contributed by atoms with E-state index in [1.807, 2.05) is 0 Å². The van der Waals surface area contributed by atoms with Crippen molar-refractivity contribution in [3.05, 3.63) is 0 Å². The quantitative estimate of drug-likeness (QED) is 0.425. The molecule has 6 aliphatic heterocycles. The molecule has 0 aromatic heterocycles. The number of piperidine rings is 1. The van der Waals surface area contributed by atoms with Crippen LogP contribution in [0.25, 0.3) is 0 Å². The Morgan fingerprint density at radius 3 is 0.825 bits per heavy atom. The van der Waals surface area contributed by atoms with E-state index in [-0.39, 0.29) is 0 Å². The van der Waals surface area contributed by atoms with Crippen LogP contribution >= 0.6 is 11.8 Å². The molecule has 0 atom stereocenters. The van der Waals surface area contributed by atoms with Crippen molar-refractivity contribution in [2.24, 2.45) is 0 Å². The first kappa shape index (κ1) is 38.1. The normalized spacial score (nSPS) is 25.6. The van der Waals surface area contributed by atoms with Crippen molar-refractivity contribution in [2.45, 2.75) is 38.5 Å². The lowest BCUT2D eigenvalue weighted by molar-refractivity contribution is 0.0503. The first-order valence-electron chi connectivity index (χ1n) is 16.2. The minimum absolute atomic E-state index is 0.913. The number of piperazine rings is 1. The second-order valence-corrected chi connectivity index (χ2v) is 13.7. The molecular formula is C31H69N7OS. The lowest BCUT2D eigenvalue weighted by Crippen LogP contribution is -2.42. The molecule has 0 unspecified atom stereocenters. The molecule has 0 spiro atoms. The third kappa shape index (κ3) is 23.6. The van der Waals surface area contributed by atoms with Gasteiger partial charge in [-0.15, -0.1) is 0 Å². The zero-order valence-corrected chi connectivity index (χ0v) is 28.7. The summed E-state index contributed by atoms with van der Waals surface area (Å²) >= 11 is 2.06. The molecule has 0 amide bonds. The van der Waals surface area contributed by atoms with Gasteiger partial charge in [0.15, 0.2) is 0 Å². The average molecular weight is 588 g/mol. The van der Waals surface area contributed by atoms with Gasteiger partial charge in [-0.3, -0.25) is 0 Å². The average Bonchev–Trinajstić information content (AvgIpc) is 3.43. The van der Waals surface area contributed by atoms with Crippen LogP contribution in [0.4, 0.5) is 0 Å². The van der Waals surface area contributed by atoms with E-state index in [0.29, 0.717) is 0 Å². The Balaban J connectivity index is 0.000000241. The minimum Gasteiger partial charge on any atom is -0.379 e. The van der Waals surface area contributed by atoms with Crippen LogP contribution in [0.15, 0.2) is 0 Å². The summed E-state index contributed by atoms with van der Waals surface area (Å²) in [6, 6.07) is 0. The van der Waals surface area contributed by atoms with E-state index in [0.717, 1.165) is 26.3 Å². The molecule has 6 saturated heterocycles. The molecule has 0 aromatic carbocycles. The lowest BCUT2D eigenvalue weighted by atomic mass is 10.1. The van der Waals surface area contributed by atoms with Gasteiger partial charge in [0.2, 0.25) is 0 Å². The second-order valence-electron chi connectivity index (χ2n) is 12.5. The van der Waals surface area contributed by atoms with Gasteiger partial charge in [0, 0.05) is 63.9 Å². The van der Waals surface area contributed by atoms with Crippen molar-refractivity contribution in [1.29, 1.82) is 0 Å². The molecule has 6 fully saturated rings. The van der Waals surface area contributed by atoms with E-state index >= 15 is 0 Å². The van der Waals surface area contributed by atoms with E-state index in [4.69, 9.17) is 4.74 Å². The first-order chi connectivity index (χ1) is 19.3. The van der Waals surface area contributed by atoms with Crippen LogP contribution in [0.5, 0.6) is 0 Å². The van der Waals surface area contributed by atoms with Gasteiger partial charge in [-0.2, -0.15) is 11.8 Å². The Morgan fingerprint density at radius 1 is 0.325 bits per heavy atom. The molecule has 8 nitrogen and oxygen atoms in total. The molecule has 40 heavy (non-hydrogen) atoms. The highest BCUT2D eigenvalue weighted by molar-refractivity contribution is 7.99. The predicted molar refractivity (Wildman–Crippen MR) is 178 cm³/mol. The molecule has 9 heteroatoms. The Bertz CT molecular complexity index is 478. The number of thioether (sulfide) groups is 1. The third-order valence-corrected chi connectivity index (χ3v) is 9.13. The first-order valence-corrected chi connectivity index (χ1v) is 17.4. The van der Waals surface area contributed by atoms with Crippen molar-refractivity contribution in [1.82, 2.24) is 34.3 Å². The van der Waals surface area contributed by atoms with Crippen molar-refractivity contribution in [2.75, 3.05) is 166 Å². The Hall–Kier alpha value is 0.0300. The number of hydrogen-bond donors (Lipinski definition) is 0. The molecule has 0 aromatic rings. The van der Waals surface area contributed by atoms with Crippen molar-refractivity contribution in [3.63, 3.8) is 0 Å². The molecule has 6 aliphatic rings. The fourth-order valence-corrected chi connectivity index (χ4v) is 5.70. The van der Waals surface area contributed by atoms with Crippen LogP contribution in [-0.4, -0.2) is 200 Å². The molecule has 0 N–H and O–H groups in total. The van der Waals surface area contributed by atoms with Gasteiger partial charge >= 0.3 is 0 Å². The van der Waals surface area contributed by atoms with Crippen LogP contribution in [0.3, 0.4) is 0 Å². The maximum atomic E-state index is 5.10. The van der Waals surface area contributed by atoms with E-state index in [1.54, 1.807) is 0 Å². The standard InChI is InChI=1S/C6H14N2.C6H13N.C5H11NO.C5H11NS.C5H11N.C4H9N/c1-7-3-5-8(2)6-4-7;1-7-5-3-2-4-6-7;2*1-6-2-4-7-5-3-6;1-6-4-2-3-5-6;1-5-3-2-4-5/h3-6H2,1-2H3;2-6H2,1H3;2*2-5H2,1H3;2-5H2,1H3;2-4H2,1H3. The number of hydrogen-bond acceptors (Lipinski definition) is 9. The molecule has 0 aliphatic carbocycles. The summed E-state index contributed by atoms with van der Waals surface area (Å²) in [7, 11) is 15.2. The fourth-order valence-electron chi connectivity index (χ4n) is 4.62. The molecular weight excluding hydrogens is 518 g/mol. The number of rotatable bonds is 0. The number of likely N-dealkylation sites (N-methyl/N-ethyl adjacent to an activating group) is 3. The van der Waals surface area contributed by atoms with Gasteiger partial charge in [-0.05, 0) is 121 Å². The molecule has 0 bridgehead atoms. The summed E-state index contributed by atoms with van der Waals surface area (Å²) in [6.45, 7) is 19.4. The Kier molecular flexibility index (Phi) is 24.3. The molecule has 0 saturated carbocycles. The van der Waals surface area contributed by atoms with Gasteiger partial charge in [-0.25, -0.2) is 0 Å². The molecule has 0 radical (unpaired) electrons. The maximum Gasteiger partial charge on any atom is 0.0594 e. The smallest absolute Gasteiger partial charge is 0.0594 e. The van der Waals surface area contributed by atoms with Crippen LogP contribution < -0.4 is 0 Å². The minimum atomic E-state index is 0.913. The van der Waals surface area contributed by atoms with Gasteiger partial charge in [-0.1, -0.05) is 6.42 Å². The van der Waals surface area contributed by atoms with E-state index in [2.05, 4.69) is 95.4 Å². The van der Waals surface area contributed by atoms with Crippen molar-refractivity contribution >= 4 is 11.8 Å².